The topological polar surface area (TPSA) is 28.2 Å². The smallest absolute Gasteiger partial charge is 0.0312 e. The first-order chi connectivity index (χ1) is 9.65. The Labute approximate surface area is 124 Å². The van der Waals surface area contributed by atoms with Crippen LogP contribution in [0.3, 0.4) is 0 Å². The molecule has 0 saturated heterocycles. The molecule has 0 aliphatic rings. The highest BCUT2D eigenvalue weighted by atomic mass is 15.1. The van der Waals surface area contributed by atoms with Crippen molar-refractivity contribution in [1.82, 2.24) is 15.2 Å². The molecule has 114 valence electrons. The first-order valence-corrected chi connectivity index (χ1v) is 7.94. The number of aromatic nitrogens is 1. The van der Waals surface area contributed by atoms with Crippen molar-refractivity contribution >= 4 is 0 Å². The molecule has 0 aromatic carbocycles. The summed E-state index contributed by atoms with van der Waals surface area (Å²) in [6.45, 7) is 11.2. The van der Waals surface area contributed by atoms with Gasteiger partial charge in [-0.05, 0) is 49.9 Å². The molecule has 1 N–H and O–H groups in total. The second kappa shape index (κ2) is 9.09. The minimum absolute atomic E-state index is 0.381. The fourth-order valence-corrected chi connectivity index (χ4v) is 2.74. The summed E-state index contributed by atoms with van der Waals surface area (Å²) in [7, 11) is 2.22. The minimum atomic E-state index is 0.381. The van der Waals surface area contributed by atoms with Crippen molar-refractivity contribution in [1.29, 1.82) is 0 Å². The lowest BCUT2D eigenvalue weighted by molar-refractivity contribution is 0.151. The van der Waals surface area contributed by atoms with Gasteiger partial charge >= 0.3 is 0 Å². The summed E-state index contributed by atoms with van der Waals surface area (Å²) in [4.78, 5) is 6.62. The third-order valence-electron chi connectivity index (χ3n) is 4.21. The van der Waals surface area contributed by atoms with Crippen LogP contribution in [-0.2, 0) is 6.54 Å². The van der Waals surface area contributed by atoms with Gasteiger partial charge in [-0.3, -0.25) is 4.98 Å². The van der Waals surface area contributed by atoms with E-state index in [4.69, 9.17) is 0 Å². The highest BCUT2D eigenvalue weighted by molar-refractivity contribution is 5.08. The molecule has 1 rings (SSSR count). The average molecular weight is 277 g/mol. The molecule has 0 atom stereocenters. The van der Waals surface area contributed by atoms with E-state index in [1.54, 1.807) is 0 Å². The standard InChI is InChI=1S/C17H31N3/c1-5-10-19-14-17(6-2,7-3)15-20(4)13-16-9-8-11-18-12-16/h8-9,11-12,19H,5-7,10,13-15H2,1-4H3. The Hall–Kier alpha value is -0.930. The molecule has 0 bridgehead atoms. The summed E-state index contributed by atoms with van der Waals surface area (Å²) in [5.74, 6) is 0. The molecule has 0 unspecified atom stereocenters. The van der Waals surface area contributed by atoms with Gasteiger partial charge in [0, 0.05) is 32.0 Å². The molecule has 1 heterocycles. The second-order valence-electron chi connectivity index (χ2n) is 5.92. The lowest BCUT2D eigenvalue weighted by Crippen LogP contribution is -2.42. The van der Waals surface area contributed by atoms with Crippen molar-refractivity contribution in [2.75, 3.05) is 26.7 Å². The van der Waals surface area contributed by atoms with Gasteiger partial charge in [-0.2, -0.15) is 0 Å². The Morgan fingerprint density at radius 1 is 1.25 bits per heavy atom. The Balaban J connectivity index is 2.55. The number of pyridine rings is 1. The van der Waals surface area contributed by atoms with Gasteiger partial charge in [0.2, 0.25) is 0 Å². The van der Waals surface area contributed by atoms with E-state index < -0.39 is 0 Å². The third-order valence-corrected chi connectivity index (χ3v) is 4.21. The van der Waals surface area contributed by atoms with Crippen LogP contribution in [0, 0.1) is 5.41 Å². The summed E-state index contributed by atoms with van der Waals surface area (Å²) >= 11 is 0. The maximum atomic E-state index is 4.20. The second-order valence-corrected chi connectivity index (χ2v) is 5.92. The molecule has 1 aromatic heterocycles. The Morgan fingerprint density at radius 2 is 2.00 bits per heavy atom. The molecule has 0 amide bonds. The van der Waals surface area contributed by atoms with Crippen LogP contribution >= 0.6 is 0 Å². The Morgan fingerprint density at radius 3 is 2.55 bits per heavy atom. The van der Waals surface area contributed by atoms with E-state index in [0.717, 1.165) is 26.2 Å². The fourth-order valence-electron chi connectivity index (χ4n) is 2.74. The molecule has 0 spiro atoms. The molecule has 3 nitrogen and oxygen atoms in total. The molecule has 20 heavy (non-hydrogen) atoms. The maximum Gasteiger partial charge on any atom is 0.0312 e. The molecule has 0 aliphatic carbocycles. The third kappa shape index (κ3) is 5.59. The molecule has 0 fully saturated rings. The van der Waals surface area contributed by atoms with Gasteiger partial charge in [-0.1, -0.05) is 26.8 Å². The zero-order valence-corrected chi connectivity index (χ0v) is 13.7. The van der Waals surface area contributed by atoms with Crippen LogP contribution in [0.2, 0.25) is 0 Å². The average Bonchev–Trinajstić information content (AvgIpc) is 2.47. The van der Waals surface area contributed by atoms with E-state index in [1.165, 1.54) is 24.8 Å². The zero-order chi connectivity index (χ0) is 14.8. The number of nitrogens with one attached hydrogen (secondary N) is 1. The maximum absolute atomic E-state index is 4.20. The molecule has 1 aromatic rings. The van der Waals surface area contributed by atoms with Crippen molar-refractivity contribution < 1.29 is 0 Å². The normalized spacial score (nSPS) is 12.1. The van der Waals surface area contributed by atoms with E-state index in [1.807, 2.05) is 18.5 Å². The van der Waals surface area contributed by atoms with E-state index >= 15 is 0 Å². The van der Waals surface area contributed by atoms with Gasteiger partial charge in [0.25, 0.3) is 0 Å². The van der Waals surface area contributed by atoms with Crippen molar-refractivity contribution in [2.24, 2.45) is 5.41 Å². The molecule has 0 saturated carbocycles. The van der Waals surface area contributed by atoms with Gasteiger partial charge in [0.05, 0.1) is 0 Å². The summed E-state index contributed by atoms with van der Waals surface area (Å²) < 4.78 is 0. The predicted molar refractivity (Wildman–Crippen MR) is 86.7 cm³/mol. The van der Waals surface area contributed by atoms with Crippen molar-refractivity contribution in [3.05, 3.63) is 30.1 Å². The van der Waals surface area contributed by atoms with E-state index in [2.05, 4.69) is 49.1 Å². The Kier molecular flexibility index (Phi) is 7.78. The first-order valence-electron chi connectivity index (χ1n) is 7.94. The first kappa shape index (κ1) is 17.1. The van der Waals surface area contributed by atoms with Crippen LogP contribution in [0.5, 0.6) is 0 Å². The van der Waals surface area contributed by atoms with Gasteiger partial charge in [-0.15, -0.1) is 0 Å². The summed E-state index contributed by atoms with van der Waals surface area (Å²) in [6, 6.07) is 4.16. The van der Waals surface area contributed by atoms with E-state index in [-0.39, 0.29) is 0 Å². The largest absolute Gasteiger partial charge is 0.316 e. The van der Waals surface area contributed by atoms with Gasteiger partial charge in [-0.25, -0.2) is 0 Å². The fraction of sp³-hybridized carbons (Fsp3) is 0.706. The van der Waals surface area contributed by atoms with Crippen molar-refractivity contribution in [3.63, 3.8) is 0 Å². The van der Waals surface area contributed by atoms with Gasteiger partial charge in [0.1, 0.15) is 0 Å². The minimum Gasteiger partial charge on any atom is -0.316 e. The highest BCUT2D eigenvalue weighted by Crippen LogP contribution is 2.27. The van der Waals surface area contributed by atoms with Gasteiger partial charge < -0.3 is 10.2 Å². The highest BCUT2D eigenvalue weighted by Gasteiger charge is 2.27. The summed E-state index contributed by atoms with van der Waals surface area (Å²) in [6.07, 6.45) is 7.44. The molecule has 0 aliphatic heterocycles. The SMILES string of the molecule is CCCNCC(CC)(CC)CN(C)Cc1cccnc1. The van der Waals surface area contributed by atoms with Crippen LogP contribution in [0.15, 0.2) is 24.5 Å². The quantitative estimate of drug-likeness (QED) is 0.665. The van der Waals surface area contributed by atoms with Crippen LogP contribution in [-0.4, -0.2) is 36.6 Å². The molecular weight excluding hydrogens is 246 g/mol. The number of hydrogen-bond acceptors (Lipinski definition) is 3. The van der Waals surface area contributed by atoms with Crippen LogP contribution in [0.1, 0.15) is 45.6 Å². The zero-order valence-electron chi connectivity index (χ0n) is 13.7. The number of rotatable bonds is 10. The van der Waals surface area contributed by atoms with Crippen LogP contribution < -0.4 is 5.32 Å². The molecule has 3 heteroatoms. The number of nitrogens with zero attached hydrogens (tertiary/aromatic N) is 2. The van der Waals surface area contributed by atoms with Gasteiger partial charge in [0.15, 0.2) is 0 Å². The lowest BCUT2D eigenvalue weighted by atomic mass is 9.81. The van der Waals surface area contributed by atoms with E-state index in [9.17, 15) is 0 Å². The summed E-state index contributed by atoms with van der Waals surface area (Å²) in [5, 5.41) is 3.61. The van der Waals surface area contributed by atoms with Crippen molar-refractivity contribution in [2.45, 2.75) is 46.6 Å². The van der Waals surface area contributed by atoms with E-state index in [0.29, 0.717) is 5.41 Å². The predicted octanol–water partition coefficient (Wildman–Crippen LogP) is 3.32. The monoisotopic (exact) mass is 277 g/mol. The number of hydrogen-bond donors (Lipinski definition) is 1. The molecule has 0 radical (unpaired) electrons. The van der Waals surface area contributed by atoms with Crippen LogP contribution in [0.4, 0.5) is 0 Å². The molecular formula is C17H31N3. The Bertz CT molecular complexity index is 347. The lowest BCUT2D eigenvalue weighted by Gasteiger charge is -2.36. The van der Waals surface area contributed by atoms with Crippen molar-refractivity contribution in [3.8, 4) is 0 Å². The summed E-state index contributed by atoms with van der Waals surface area (Å²) in [5.41, 5.74) is 1.67. The van der Waals surface area contributed by atoms with Crippen LogP contribution in [0.25, 0.3) is 0 Å².